The summed E-state index contributed by atoms with van der Waals surface area (Å²) in [6.07, 6.45) is 0.648. The van der Waals surface area contributed by atoms with E-state index in [2.05, 4.69) is 0 Å². The highest BCUT2D eigenvalue weighted by molar-refractivity contribution is 7.14. The molecule has 2 amide bonds. The second kappa shape index (κ2) is 8.25. The number of amides is 2. The van der Waals surface area contributed by atoms with Crippen LogP contribution in [0.2, 0.25) is 5.02 Å². The maximum absolute atomic E-state index is 13.3. The van der Waals surface area contributed by atoms with Gasteiger partial charge in [0.05, 0.1) is 10.9 Å². The third-order valence-corrected chi connectivity index (χ3v) is 6.73. The quantitative estimate of drug-likeness (QED) is 0.485. The SMILES string of the molecule is CC(=O)N(c1ccc(Cl)cc1)C1CC(C)N(C(=O)c2ccc(C)s2)c2ccccc21. The number of nitrogens with zero attached hydrogens (tertiary/aromatic N) is 2. The molecule has 4 rings (SSSR count). The average molecular weight is 439 g/mol. The summed E-state index contributed by atoms with van der Waals surface area (Å²) in [6.45, 7) is 5.62. The summed E-state index contributed by atoms with van der Waals surface area (Å²) in [4.78, 5) is 31.6. The molecule has 1 aliphatic heterocycles. The van der Waals surface area contributed by atoms with Crippen LogP contribution < -0.4 is 9.80 Å². The normalized spacial score (nSPS) is 18.1. The second-order valence-electron chi connectivity index (χ2n) is 7.61. The Hall–Kier alpha value is -2.63. The maximum atomic E-state index is 13.3. The van der Waals surface area contributed by atoms with Crippen LogP contribution in [-0.4, -0.2) is 17.9 Å². The molecule has 2 aromatic carbocycles. The molecule has 0 aliphatic carbocycles. The van der Waals surface area contributed by atoms with Crippen molar-refractivity contribution in [2.75, 3.05) is 9.80 Å². The lowest BCUT2D eigenvalue weighted by Gasteiger charge is -2.43. The Morgan fingerprint density at radius 2 is 1.77 bits per heavy atom. The smallest absolute Gasteiger partial charge is 0.268 e. The topological polar surface area (TPSA) is 40.6 Å². The maximum Gasteiger partial charge on any atom is 0.268 e. The molecule has 0 N–H and O–H groups in total. The fourth-order valence-electron chi connectivity index (χ4n) is 4.19. The van der Waals surface area contributed by atoms with E-state index in [9.17, 15) is 9.59 Å². The van der Waals surface area contributed by atoms with Crippen LogP contribution in [-0.2, 0) is 4.79 Å². The fourth-order valence-corrected chi connectivity index (χ4v) is 5.12. The van der Waals surface area contributed by atoms with Gasteiger partial charge in [-0.05, 0) is 68.3 Å². The Bertz CT molecular complexity index is 1090. The molecule has 154 valence electrons. The van der Waals surface area contributed by atoms with Crippen molar-refractivity contribution in [3.8, 4) is 0 Å². The number of benzene rings is 2. The predicted molar refractivity (Wildman–Crippen MR) is 124 cm³/mol. The number of carbonyl (C=O) groups excluding carboxylic acids is 2. The summed E-state index contributed by atoms with van der Waals surface area (Å²) in [5, 5.41) is 0.627. The highest BCUT2D eigenvalue weighted by Gasteiger charge is 2.38. The second-order valence-corrected chi connectivity index (χ2v) is 9.33. The number of halogens is 1. The van der Waals surface area contributed by atoms with Gasteiger partial charge in [0.25, 0.3) is 5.91 Å². The van der Waals surface area contributed by atoms with Gasteiger partial charge in [0, 0.05) is 34.2 Å². The molecule has 30 heavy (non-hydrogen) atoms. The van der Waals surface area contributed by atoms with Crippen molar-refractivity contribution in [3.05, 3.63) is 81.0 Å². The molecular weight excluding hydrogens is 416 g/mol. The van der Waals surface area contributed by atoms with E-state index in [-0.39, 0.29) is 23.9 Å². The van der Waals surface area contributed by atoms with Gasteiger partial charge in [-0.15, -0.1) is 11.3 Å². The number of aryl methyl sites for hydroxylation is 1. The lowest BCUT2D eigenvalue weighted by Crippen LogP contribution is -2.47. The van der Waals surface area contributed by atoms with Gasteiger partial charge >= 0.3 is 0 Å². The van der Waals surface area contributed by atoms with Crippen LogP contribution in [0.3, 0.4) is 0 Å². The van der Waals surface area contributed by atoms with Crippen LogP contribution in [0.25, 0.3) is 0 Å². The molecule has 1 aromatic heterocycles. The van der Waals surface area contributed by atoms with Crippen LogP contribution in [0.1, 0.15) is 46.4 Å². The molecular formula is C24H23ClN2O2S. The molecule has 0 spiro atoms. The molecule has 2 unspecified atom stereocenters. The van der Waals surface area contributed by atoms with Crippen molar-refractivity contribution in [1.82, 2.24) is 0 Å². The van der Waals surface area contributed by atoms with Gasteiger partial charge in [-0.3, -0.25) is 9.59 Å². The first kappa shape index (κ1) is 20.6. The van der Waals surface area contributed by atoms with Gasteiger partial charge in [0.15, 0.2) is 0 Å². The zero-order valence-corrected chi connectivity index (χ0v) is 18.7. The fraction of sp³-hybridized carbons (Fsp3) is 0.250. The Morgan fingerprint density at radius 1 is 1.07 bits per heavy atom. The number of anilines is 2. The lowest BCUT2D eigenvalue weighted by atomic mass is 9.89. The van der Waals surface area contributed by atoms with Gasteiger partial charge in [-0.1, -0.05) is 29.8 Å². The van der Waals surface area contributed by atoms with Gasteiger partial charge < -0.3 is 9.80 Å². The van der Waals surface area contributed by atoms with E-state index >= 15 is 0 Å². The van der Waals surface area contributed by atoms with E-state index in [1.807, 2.05) is 72.2 Å². The van der Waals surface area contributed by atoms with Crippen molar-refractivity contribution in [2.45, 2.75) is 39.3 Å². The van der Waals surface area contributed by atoms with E-state index < -0.39 is 0 Å². The van der Waals surface area contributed by atoms with E-state index in [1.54, 1.807) is 19.1 Å². The van der Waals surface area contributed by atoms with E-state index in [1.165, 1.54) is 11.3 Å². The van der Waals surface area contributed by atoms with E-state index in [0.717, 1.165) is 26.7 Å². The minimum Gasteiger partial charge on any atom is -0.305 e. The lowest BCUT2D eigenvalue weighted by molar-refractivity contribution is -0.117. The third kappa shape index (κ3) is 3.75. The molecule has 4 nitrogen and oxygen atoms in total. The first-order valence-electron chi connectivity index (χ1n) is 9.91. The minimum atomic E-state index is -0.163. The van der Waals surface area contributed by atoms with Crippen LogP contribution in [0, 0.1) is 6.92 Å². The summed E-state index contributed by atoms with van der Waals surface area (Å²) in [5.41, 5.74) is 2.63. The summed E-state index contributed by atoms with van der Waals surface area (Å²) in [5.74, 6) is -0.0367. The molecule has 2 atom stereocenters. The number of rotatable bonds is 3. The molecule has 0 saturated heterocycles. The van der Waals surface area contributed by atoms with Gasteiger partial charge in [0.2, 0.25) is 5.91 Å². The van der Waals surface area contributed by atoms with Crippen molar-refractivity contribution in [3.63, 3.8) is 0 Å². The Kier molecular flexibility index (Phi) is 5.67. The Balaban J connectivity index is 1.78. The number of hydrogen-bond acceptors (Lipinski definition) is 3. The van der Waals surface area contributed by atoms with Gasteiger partial charge in [-0.25, -0.2) is 0 Å². The summed E-state index contributed by atoms with van der Waals surface area (Å²) in [7, 11) is 0. The van der Waals surface area contributed by atoms with Crippen molar-refractivity contribution < 1.29 is 9.59 Å². The number of thiophene rings is 1. The Labute approximate surface area is 185 Å². The van der Waals surface area contributed by atoms with E-state index in [0.29, 0.717) is 11.4 Å². The number of hydrogen-bond donors (Lipinski definition) is 0. The summed E-state index contributed by atoms with van der Waals surface area (Å²) >= 11 is 7.56. The standard InChI is InChI=1S/C24H23ClN2O2S/c1-15-14-22(27(17(3)28)19-11-9-18(25)10-12-19)20-6-4-5-7-21(20)26(15)24(29)23-13-8-16(2)30-23/h4-13,15,22H,14H2,1-3H3. The summed E-state index contributed by atoms with van der Waals surface area (Å²) < 4.78 is 0. The largest absolute Gasteiger partial charge is 0.305 e. The predicted octanol–water partition coefficient (Wildman–Crippen LogP) is 6.24. The van der Waals surface area contributed by atoms with Crippen LogP contribution in [0.5, 0.6) is 0 Å². The molecule has 0 saturated carbocycles. The van der Waals surface area contributed by atoms with E-state index in [4.69, 9.17) is 11.6 Å². The monoisotopic (exact) mass is 438 g/mol. The highest BCUT2D eigenvalue weighted by Crippen LogP contribution is 2.43. The molecule has 2 heterocycles. The average Bonchev–Trinajstić information content (AvgIpc) is 3.15. The first-order valence-corrected chi connectivity index (χ1v) is 11.1. The molecule has 6 heteroatoms. The first-order chi connectivity index (χ1) is 14.4. The van der Waals surface area contributed by atoms with Gasteiger partial charge in [0.1, 0.15) is 0 Å². The number of carbonyl (C=O) groups is 2. The van der Waals surface area contributed by atoms with Crippen molar-refractivity contribution in [2.24, 2.45) is 0 Å². The number of para-hydroxylation sites is 1. The summed E-state index contributed by atoms with van der Waals surface area (Å²) in [6, 6.07) is 18.8. The molecule has 0 fully saturated rings. The molecule has 1 aliphatic rings. The minimum absolute atomic E-state index is 0.00682. The highest BCUT2D eigenvalue weighted by atomic mass is 35.5. The van der Waals surface area contributed by atoms with Crippen LogP contribution >= 0.6 is 22.9 Å². The molecule has 0 radical (unpaired) electrons. The van der Waals surface area contributed by atoms with Crippen LogP contribution in [0.15, 0.2) is 60.7 Å². The van der Waals surface area contributed by atoms with Crippen molar-refractivity contribution >= 4 is 46.1 Å². The zero-order chi connectivity index (χ0) is 21.4. The van der Waals surface area contributed by atoms with Crippen molar-refractivity contribution in [1.29, 1.82) is 0 Å². The van der Waals surface area contributed by atoms with Gasteiger partial charge in [-0.2, -0.15) is 0 Å². The zero-order valence-electron chi connectivity index (χ0n) is 17.1. The van der Waals surface area contributed by atoms with Crippen LogP contribution in [0.4, 0.5) is 11.4 Å². The molecule has 3 aromatic rings. The molecule has 0 bridgehead atoms. The third-order valence-electron chi connectivity index (χ3n) is 5.49. The Morgan fingerprint density at radius 3 is 2.40 bits per heavy atom. The number of fused-ring (bicyclic) bond motifs is 1.